The molecule has 1 aromatic heterocycles. The SMILES string of the molecule is C/C=C\Cc1c(C2C(C(=O)N(CC)CCN(C)Cc3ccc4c(c3)OCO4)c3ccccc3C(=O)N2C)cn(C)c1C. The second-order valence-corrected chi connectivity index (χ2v) is 11.3. The number of ether oxygens (including phenoxy) is 2. The molecule has 42 heavy (non-hydrogen) atoms. The van der Waals surface area contributed by atoms with E-state index in [1.807, 2.05) is 75.3 Å². The summed E-state index contributed by atoms with van der Waals surface area (Å²) in [5, 5.41) is 0. The highest BCUT2D eigenvalue weighted by molar-refractivity contribution is 6.01. The van der Waals surface area contributed by atoms with Gasteiger partial charge < -0.3 is 28.7 Å². The summed E-state index contributed by atoms with van der Waals surface area (Å²) < 4.78 is 13.1. The number of rotatable bonds is 10. The average Bonchev–Trinajstić information content (AvgIpc) is 3.57. The number of amides is 2. The summed E-state index contributed by atoms with van der Waals surface area (Å²) in [7, 11) is 5.93. The summed E-state index contributed by atoms with van der Waals surface area (Å²) in [6.45, 7) is 9.00. The first-order valence-corrected chi connectivity index (χ1v) is 14.7. The Kier molecular flexibility index (Phi) is 8.73. The molecule has 0 bridgehead atoms. The predicted octanol–water partition coefficient (Wildman–Crippen LogP) is 5.07. The van der Waals surface area contributed by atoms with E-state index in [0.29, 0.717) is 25.2 Å². The molecule has 2 atom stereocenters. The first kappa shape index (κ1) is 29.5. The van der Waals surface area contributed by atoms with Gasteiger partial charge in [0, 0.05) is 57.7 Å². The monoisotopic (exact) mass is 570 g/mol. The highest BCUT2D eigenvalue weighted by Crippen LogP contribution is 2.45. The Morgan fingerprint density at radius 1 is 1.07 bits per heavy atom. The third kappa shape index (κ3) is 5.55. The highest BCUT2D eigenvalue weighted by Gasteiger charge is 2.45. The first-order chi connectivity index (χ1) is 20.2. The smallest absolute Gasteiger partial charge is 0.254 e. The predicted molar refractivity (Wildman–Crippen MR) is 164 cm³/mol. The summed E-state index contributed by atoms with van der Waals surface area (Å²) in [4.78, 5) is 34.1. The van der Waals surface area contributed by atoms with Crippen LogP contribution >= 0.6 is 0 Å². The van der Waals surface area contributed by atoms with Crippen LogP contribution in [0.3, 0.4) is 0 Å². The third-order valence-corrected chi connectivity index (χ3v) is 8.70. The van der Waals surface area contributed by atoms with Crippen molar-refractivity contribution in [2.75, 3.05) is 40.5 Å². The second-order valence-electron chi connectivity index (χ2n) is 11.3. The number of benzene rings is 2. The standard InChI is InChI=1S/C34H42N4O4/c1-7-9-12-25-23(3)36(5)21-28(25)32-31(26-13-10-11-14-27(26)33(39)37(32)6)34(40)38(8-2)18-17-35(4)20-24-15-16-29-30(19-24)42-22-41-29/h7,9-11,13-16,19,21,31-32H,8,12,17-18,20,22H2,1-6H3/b9-7-. The highest BCUT2D eigenvalue weighted by atomic mass is 16.7. The fourth-order valence-corrected chi connectivity index (χ4v) is 6.23. The van der Waals surface area contributed by atoms with Crippen molar-refractivity contribution >= 4 is 11.8 Å². The van der Waals surface area contributed by atoms with Gasteiger partial charge in [-0.3, -0.25) is 9.59 Å². The number of nitrogens with zero attached hydrogens (tertiary/aromatic N) is 4. The van der Waals surface area contributed by atoms with Gasteiger partial charge in [-0.2, -0.15) is 0 Å². The fraction of sp³-hybridized carbons (Fsp3) is 0.412. The molecule has 0 saturated heterocycles. The molecule has 0 radical (unpaired) electrons. The van der Waals surface area contributed by atoms with E-state index in [0.717, 1.165) is 46.8 Å². The minimum absolute atomic E-state index is 0.0456. The van der Waals surface area contributed by atoms with Crippen molar-refractivity contribution in [3.05, 3.63) is 94.3 Å². The topological polar surface area (TPSA) is 67.2 Å². The number of fused-ring (bicyclic) bond motifs is 2. The molecular formula is C34H42N4O4. The largest absolute Gasteiger partial charge is 0.454 e. The van der Waals surface area contributed by atoms with Gasteiger partial charge in [0.1, 0.15) is 0 Å². The van der Waals surface area contributed by atoms with Gasteiger partial charge in [-0.05, 0) is 74.7 Å². The van der Waals surface area contributed by atoms with Crippen molar-refractivity contribution in [2.45, 2.75) is 45.7 Å². The summed E-state index contributed by atoms with van der Waals surface area (Å²) in [5.41, 5.74) is 5.89. The fourth-order valence-electron chi connectivity index (χ4n) is 6.23. The van der Waals surface area contributed by atoms with Crippen molar-refractivity contribution < 1.29 is 19.1 Å². The van der Waals surface area contributed by atoms with Gasteiger partial charge >= 0.3 is 0 Å². The molecule has 0 N–H and O–H groups in total. The second kappa shape index (κ2) is 12.4. The number of carbonyl (C=O) groups is 2. The molecule has 0 saturated carbocycles. The number of aryl methyl sites for hydroxylation is 1. The van der Waals surface area contributed by atoms with Crippen molar-refractivity contribution in [2.24, 2.45) is 7.05 Å². The molecule has 2 aromatic carbocycles. The zero-order chi connectivity index (χ0) is 30.0. The molecule has 2 amide bonds. The normalized spacial score (nSPS) is 17.8. The quantitative estimate of drug-likeness (QED) is 0.319. The minimum Gasteiger partial charge on any atom is -0.454 e. The van der Waals surface area contributed by atoms with Gasteiger partial charge in [0.05, 0.1) is 12.0 Å². The Labute approximate surface area is 249 Å². The Morgan fingerprint density at radius 2 is 1.83 bits per heavy atom. The lowest BCUT2D eigenvalue weighted by Gasteiger charge is -2.41. The molecular weight excluding hydrogens is 528 g/mol. The molecule has 222 valence electrons. The molecule has 0 aliphatic carbocycles. The van der Waals surface area contributed by atoms with E-state index in [4.69, 9.17) is 9.47 Å². The molecule has 5 rings (SSSR count). The molecule has 2 aliphatic heterocycles. The van der Waals surface area contributed by atoms with Crippen LogP contribution in [0.1, 0.15) is 64.1 Å². The Bertz CT molecular complexity index is 1490. The lowest BCUT2D eigenvalue weighted by Crippen LogP contribution is -2.48. The lowest BCUT2D eigenvalue weighted by molar-refractivity contribution is -0.134. The molecule has 8 heteroatoms. The number of aromatic nitrogens is 1. The van der Waals surface area contributed by atoms with E-state index in [1.54, 1.807) is 4.90 Å². The van der Waals surface area contributed by atoms with E-state index < -0.39 is 12.0 Å². The molecule has 3 aromatic rings. The van der Waals surface area contributed by atoms with Crippen LogP contribution in [0.15, 0.2) is 60.8 Å². The molecule has 8 nitrogen and oxygen atoms in total. The van der Waals surface area contributed by atoms with Crippen LogP contribution in [0.25, 0.3) is 0 Å². The van der Waals surface area contributed by atoms with Crippen LogP contribution in [-0.4, -0.2) is 71.6 Å². The van der Waals surface area contributed by atoms with Crippen molar-refractivity contribution in [3.8, 4) is 11.5 Å². The Balaban J connectivity index is 1.43. The van der Waals surface area contributed by atoms with Gasteiger partial charge in [-0.1, -0.05) is 36.4 Å². The summed E-state index contributed by atoms with van der Waals surface area (Å²) >= 11 is 0. The number of allylic oxidation sites excluding steroid dienone is 2. The summed E-state index contributed by atoms with van der Waals surface area (Å²) in [6.07, 6.45) is 7.03. The van der Waals surface area contributed by atoms with Crippen LogP contribution in [-0.2, 0) is 24.8 Å². The van der Waals surface area contributed by atoms with E-state index >= 15 is 0 Å². The van der Waals surface area contributed by atoms with Gasteiger partial charge in [0.2, 0.25) is 12.7 Å². The molecule has 2 aliphatic rings. The van der Waals surface area contributed by atoms with Crippen molar-refractivity contribution in [1.82, 2.24) is 19.3 Å². The van der Waals surface area contributed by atoms with Crippen LogP contribution < -0.4 is 9.47 Å². The number of hydrogen-bond donors (Lipinski definition) is 0. The molecule has 3 heterocycles. The first-order valence-electron chi connectivity index (χ1n) is 14.7. The molecule has 0 fully saturated rings. The maximum absolute atomic E-state index is 14.6. The van der Waals surface area contributed by atoms with Crippen molar-refractivity contribution in [3.63, 3.8) is 0 Å². The lowest BCUT2D eigenvalue weighted by atomic mass is 9.78. The summed E-state index contributed by atoms with van der Waals surface area (Å²) in [6, 6.07) is 13.2. The van der Waals surface area contributed by atoms with Crippen LogP contribution in [0.5, 0.6) is 11.5 Å². The van der Waals surface area contributed by atoms with Crippen LogP contribution in [0.2, 0.25) is 0 Å². The van der Waals surface area contributed by atoms with E-state index in [-0.39, 0.29) is 18.6 Å². The Morgan fingerprint density at radius 3 is 2.60 bits per heavy atom. The van der Waals surface area contributed by atoms with Gasteiger partial charge in [0.25, 0.3) is 5.91 Å². The number of likely N-dealkylation sites (N-methyl/N-ethyl adjacent to an activating group) is 3. The number of hydrogen-bond acceptors (Lipinski definition) is 5. The maximum atomic E-state index is 14.6. The Hall–Kier alpha value is -4.04. The minimum atomic E-state index is -0.505. The van der Waals surface area contributed by atoms with Crippen molar-refractivity contribution in [1.29, 1.82) is 0 Å². The molecule has 0 spiro atoms. The zero-order valence-corrected chi connectivity index (χ0v) is 25.6. The van der Waals surface area contributed by atoms with Gasteiger partial charge in [-0.15, -0.1) is 0 Å². The van der Waals surface area contributed by atoms with Crippen LogP contribution in [0.4, 0.5) is 0 Å². The maximum Gasteiger partial charge on any atom is 0.254 e. The van der Waals surface area contributed by atoms with Crippen LogP contribution in [0, 0.1) is 6.92 Å². The van der Waals surface area contributed by atoms with Gasteiger partial charge in [0.15, 0.2) is 11.5 Å². The third-order valence-electron chi connectivity index (χ3n) is 8.70. The zero-order valence-electron chi connectivity index (χ0n) is 25.6. The van der Waals surface area contributed by atoms with Gasteiger partial charge in [-0.25, -0.2) is 0 Å². The number of carbonyl (C=O) groups excluding carboxylic acids is 2. The van der Waals surface area contributed by atoms with E-state index in [9.17, 15) is 9.59 Å². The molecule has 2 unspecified atom stereocenters. The summed E-state index contributed by atoms with van der Waals surface area (Å²) in [5.74, 6) is 1.04. The average molecular weight is 571 g/mol. The van der Waals surface area contributed by atoms with E-state index in [2.05, 4.69) is 41.8 Å². The van der Waals surface area contributed by atoms with E-state index in [1.165, 1.54) is 5.56 Å².